The second kappa shape index (κ2) is 13.7. The topological polar surface area (TPSA) is 171 Å². The van der Waals surface area contributed by atoms with E-state index in [0.29, 0.717) is 77.9 Å². The number of carboxylic acid groups (broad SMARTS) is 1. The van der Waals surface area contributed by atoms with E-state index < -0.39 is 22.2 Å². The van der Waals surface area contributed by atoms with Crippen LogP contribution in [0.2, 0.25) is 10.2 Å². The third-order valence-electron chi connectivity index (χ3n) is 9.07. The van der Waals surface area contributed by atoms with Gasteiger partial charge < -0.3 is 15.0 Å². The molecule has 2 fully saturated rings. The Bertz CT molecular complexity index is 1940. The molecule has 2 amide bonds. The van der Waals surface area contributed by atoms with Crippen LogP contribution in [0.25, 0.3) is 23.0 Å². The van der Waals surface area contributed by atoms with Crippen LogP contribution < -0.4 is 4.90 Å². The smallest absolute Gasteiger partial charge is 0.411 e. The molecular formula is C31H33Cl2N9O5S. The molecule has 4 aromatic rings. The number of likely N-dealkylation sites (tertiary alicyclic amines) is 1. The number of nitrogens with one attached hydrogen (secondary N) is 1. The summed E-state index contributed by atoms with van der Waals surface area (Å²) in [6.07, 6.45) is 6.77. The molecule has 2 atom stereocenters. The van der Waals surface area contributed by atoms with Crippen molar-refractivity contribution in [2.24, 2.45) is 11.8 Å². The number of sulfonamides is 1. The van der Waals surface area contributed by atoms with Gasteiger partial charge in [0.25, 0.3) is 0 Å². The van der Waals surface area contributed by atoms with Crippen molar-refractivity contribution in [1.29, 1.82) is 0 Å². The Morgan fingerprint density at radius 3 is 2.46 bits per heavy atom. The number of hydrogen-bond donors (Lipinski definition) is 2. The summed E-state index contributed by atoms with van der Waals surface area (Å²) in [5.41, 5.74) is 3.04. The largest absolute Gasteiger partial charge is 0.465 e. The van der Waals surface area contributed by atoms with E-state index >= 15 is 0 Å². The van der Waals surface area contributed by atoms with Crippen LogP contribution in [0.15, 0.2) is 54.9 Å². The van der Waals surface area contributed by atoms with Crippen molar-refractivity contribution in [3.05, 3.63) is 76.4 Å². The van der Waals surface area contributed by atoms with Gasteiger partial charge in [0.2, 0.25) is 15.9 Å². The number of aromatic amines is 1. The van der Waals surface area contributed by atoms with Crippen molar-refractivity contribution < 1.29 is 23.1 Å². The van der Waals surface area contributed by atoms with Gasteiger partial charge in [0.05, 0.1) is 23.7 Å². The van der Waals surface area contributed by atoms with Gasteiger partial charge in [-0.05, 0) is 77.9 Å². The maximum Gasteiger partial charge on any atom is 0.411 e. The van der Waals surface area contributed by atoms with Crippen molar-refractivity contribution in [3.63, 3.8) is 0 Å². The third kappa shape index (κ3) is 7.09. The zero-order valence-electron chi connectivity index (χ0n) is 26.1. The number of carbonyl (C=O) groups excluding carboxylic acids is 1. The Balaban J connectivity index is 1.29. The van der Waals surface area contributed by atoms with Crippen LogP contribution in [-0.2, 0) is 14.8 Å². The number of aromatic nitrogens is 6. The maximum absolute atomic E-state index is 14.0. The van der Waals surface area contributed by atoms with Gasteiger partial charge in [-0.25, -0.2) is 22.5 Å². The summed E-state index contributed by atoms with van der Waals surface area (Å²) in [5, 5.41) is 21.4. The quantitative estimate of drug-likeness (QED) is 0.245. The van der Waals surface area contributed by atoms with E-state index in [9.17, 15) is 23.1 Å². The molecule has 17 heteroatoms. The molecule has 2 aliphatic heterocycles. The second-order valence-corrected chi connectivity index (χ2v) is 14.7. The number of nitrogens with zero attached hydrogens (tertiary/aromatic N) is 8. The van der Waals surface area contributed by atoms with Gasteiger partial charge in [0.15, 0.2) is 5.15 Å². The molecule has 14 nitrogen and oxygen atoms in total. The minimum absolute atomic E-state index is 0.107. The van der Waals surface area contributed by atoms with E-state index in [1.54, 1.807) is 53.4 Å². The SMILES string of the molecule is CN(C(=O)O)c1ccc(-c2[nH]c([C@@H]3C[C@@H](C4CCN(S(C)(=O)=O)CC4)CN3C(=O)/C=C/c3cc(Cl)ccc3-n3cnnn3)nc2Cl)cc1. The highest BCUT2D eigenvalue weighted by atomic mass is 35.5. The number of rotatable bonds is 8. The van der Waals surface area contributed by atoms with Crippen molar-refractivity contribution in [1.82, 2.24) is 39.4 Å². The molecule has 6 rings (SSSR count). The summed E-state index contributed by atoms with van der Waals surface area (Å²) in [6.45, 7) is 1.34. The number of carbonyl (C=O) groups is 2. The molecule has 2 aliphatic rings. The Hall–Kier alpha value is -4.31. The summed E-state index contributed by atoms with van der Waals surface area (Å²) in [6, 6.07) is 11.6. The fourth-order valence-corrected chi connectivity index (χ4v) is 7.77. The van der Waals surface area contributed by atoms with Crippen molar-refractivity contribution in [2.75, 3.05) is 37.8 Å². The monoisotopic (exact) mass is 713 g/mol. The van der Waals surface area contributed by atoms with Gasteiger partial charge in [-0.1, -0.05) is 35.3 Å². The number of imidazole rings is 1. The summed E-state index contributed by atoms with van der Waals surface area (Å²) < 4.78 is 27.2. The number of piperidine rings is 1. The van der Waals surface area contributed by atoms with Gasteiger partial charge in [0.1, 0.15) is 12.2 Å². The molecule has 0 radical (unpaired) electrons. The summed E-state index contributed by atoms with van der Waals surface area (Å²) in [4.78, 5) is 36.2. The van der Waals surface area contributed by atoms with Crippen molar-refractivity contribution >= 4 is 57.0 Å². The highest BCUT2D eigenvalue weighted by molar-refractivity contribution is 7.88. The number of H-pyrrole nitrogens is 1. The van der Waals surface area contributed by atoms with Gasteiger partial charge in [-0.3, -0.25) is 9.69 Å². The van der Waals surface area contributed by atoms with Crippen LogP contribution in [0, 0.1) is 11.8 Å². The molecule has 48 heavy (non-hydrogen) atoms. The first-order valence-electron chi connectivity index (χ1n) is 15.2. The number of halogens is 2. The molecule has 2 N–H and O–H groups in total. The number of hydrogen-bond acceptors (Lipinski definition) is 8. The lowest BCUT2D eigenvalue weighted by Gasteiger charge is -2.33. The molecule has 2 aromatic carbocycles. The Kier molecular flexibility index (Phi) is 9.56. The molecule has 0 bridgehead atoms. The standard InChI is InChI=1S/C31H33Cl2N9O5S/c1-39(31(44)45)24-7-3-20(4-8-24)28-29(33)36-30(35-28)26-16-22(19-11-13-40(14-12-19)48(2,46)47)17-41(26)27(43)10-5-21-15-23(32)6-9-25(21)42-18-34-37-38-42/h3-10,15,18-19,22,26H,11-14,16-17H2,1-2H3,(H,35,36)(H,44,45)/b10-5+/t22-,26+/m1/s1. The lowest BCUT2D eigenvalue weighted by molar-refractivity contribution is -0.127. The zero-order chi connectivity index (χ0) is 34.2. The lowest BCUT2D eigenvalue weighted by Crippen LogP contribution is -2.40. The van der Waals surface area contributed by atoms with E-state index in [1.165, 1.54) is 34.7 Å². The van der Waals surface area contributed by atoms with Gasteiger partial charge in [-0.2, -0.15) is 4.68 Å². The first kappa shape index (κ1) is 33.6. The van der Waals surface area contributed by atoms with Crippen LogP contribution in [0.1, 0.15) is 36.7 Å². The minimum atomic E-state index is -3.27. The fourth-order valence-electron chi connectivity index (χ4n) is 6.47. The molecule has 2 aromatic heterocycles. The van der Waals surface area contributed by atoms with Crippen molar-refractivity contribution in [2.45, 2.75) is 25.3 Å². The highest BCUT2D eigenvalue weighted by Crippen LogP contribution is 2.43. The molecule has 0 spiro atoms. The number of anilines is 1. The molecular weight excluding hydrogens is 681 g/mol. The highest BCUT2D eigenvalue weighted by Gasteiger charge is 2.42. The van der Waals surface area contributed by atoms with Gasteiger partial charge in [0, 0.05) is 54.6 Å². The molecule has 0 aliphatic carbocycles. The van der Waals surface area contributed by atoms with Crippen LogP contribution >= 0.6 is 23.2 Å². The molecule has 252 valence electrons. The summed E-state index contributed by atoms with van der Waals surface area (Å²) in [5.74, 6) is 0.607. The predicted octanol–water partition coefficient (Wildman–Crippen LogP) is 4.75. The van der Waals surface area contributed by atoms with E-state index in [1.807, 2.05) is 0 Å². The Morgan fingerprint density at radius 1 is 1.08 bits per heavy atom. The number of tetrazole rings is 1. The average Bonchev–Trinajstić information content (AvgIpc) is 3.84. The maximum atomic E-state index is 14.0. The molecule has 4 heterocycles. The summed E-state index contributed by atoms with van der Waals surface area (Å²) >= 11 is 12.9. The molecule has 0 saturated carbocycles. The summed E-state index contributed by atoms with van der Waals surface area (Å²) in [7, 11) is -1.82. The Labute approximate surface area is 287 Å². The first-order valence-corrected chi connectivity index (χ1v) is 17.8. The predicted molar refractivity (Wildman–Crippen MR) is 180 cm³/mol. The normalized spacial score (nSPS) is 19.3. The van der Waals surface area contributed by atoms with Gasteiger partial charge in [-0.15, -0.1) is 5.10 Å². The van der Waals surface area contributed by atoms with E-state index in [2.05, 4.69) is 25.5 Å². The zero-order valence-corrected chi connectivity index (χ0v) is 28.4. The Morgan fingerprint density at radius 2 is 1.81 bits per heavy atom. The number of benzene rings is 2. The van der Waals surface area contributed by atoms with Crippen LogP contribution in [0.4, 0.5) is 10.5 Å². The lowest BCUT2D eigenvalue weighted by atomic mass is 9.83. The van der Waals surface area contributed by atoms with E-state index in [-0.39, 0.29) is 22.9 Å². The fraction of sp³-hybridized carbons (Fsp3) is 0.355. The van der Waals surface area contributed by atoms with Crippen LogP contribution in [-0.4, -0.2) is 97.8 Å². The molecule has 0 unspecified atom stereocenters. The number of amides is 2. The molecule has 2 saturated heterocycles. The van der Waals surface area contributed by atoms with E-state index in [0.717, 1.165) is 4.90 Å². The second-order valence-electron chi connectivity index (χ2n) is 12.0. The average molecular weight is 715 g/mol. The van der Waals surface area contributed by atoms with E-state index in [4.69, 9.17) is 23.2 Å². The van der Waals surface area contributed by atoms with Crippen LogP contribution in [0.5, 0.6) is 0 Å². The van der Waals surface area contributed by atoms with Crippen LogP contribution in [0.3, 0.4) is 0 Å². The minimum Gasteiger partial charge on any atom is -0.465 e. The van der Waals surface area contributed by atoms with Gasteiger partial charge >= 0.3 is 6.09 Å². The first-order chi connectivity index (χ1) is 22.9. The third-order valence-corrected chi connectivity index (χ3v) is 10.9. The van der Waals surface area contributed by atoms with Crippen molar-refractivity contribution in [3.8, 4) is 16.9 Å².